The fraction of sp³-hybridized carbons (Fsp3) is 0.143. The standard InChI is InChI=1S/C21H19N3OS/c1-24-18-11-6-5-10-16(18)22-20(24)17(14-15-8-3-2-4-9-15)23-21(25)19-12-7-13-26-19/h2-13,17H,14H2,1H3,(H,23,25)/t17-/m0/s1. The van der Waals surface area contributed by atoms with Gasteiger partial charge in [0, 0.05) is 7.05 Å². The van der Waals surface area contributed by atoms with Crippen LogP contribution in [0.25, 0.3) is 11.0 Å². The maximum absolute atomic E-state index is 12.7. The molecule has 130 valence electrons. The van der Waals surface area contributed by atoms with Crippen molar-refractivity contribution in [3.63, 3.8) is 0 Å². The fourth-order valence-corrected chi connectivity index (χ4v) is 3.80. The normalized spacial score (nSPS) is 12.2. The summed E-state index contributed by atoms with van der Waals surface area (Å²) in [7, 11) is 2.00. The Balaban J connectivity index is 1.71. The molecule has 2 heterocycles. The molecule has 0 radical (unpaired) electrons. The van der Waals surface area contributed by atoms with Crippen molar-refractivity contribution >= 4 is 28.3 Å². The van der Waals surface area contributed by atoms with Crippen molar-refractivity contribution in [1.29, 1.82) is 0 Å². The van der Waals surface area contributed by atoms with Crippen LogP contribution in [-0.4, -0.2) is 15.5 Å². The Morgan fingerprint density at radius 1 is 1.08 bits per heavy atom. The lowest BCUT2D eigenvalue weighted by atomic mass is 10.1. The van der Waals surface area contributed by atoms with E-state index in [9.17, 15) is 4.79 Å². The van der Waals surface area contributed by atoms with E-state index in [1.54, 1.807) is 0 Å². The van der Waals surface area contributed by atoms with Gasteiger partial charge in [-0.05, 0) is 35.6 Å². The molecule has 0 saturated heterocycles. The zero-order valence-electron chi connectivity index (χ0n) is 14.4. The van der Waals surface area contributed by atoms with Crippen molar-refractivity contribution in [2.24, 2.45) is 7.05 Å². The summed E-state index contributed by atoms with van der Waals surface area (Å²) in [6.45, 7) is 0. The minimum atomic E-state index is -0.204. The molecule has 4 nitrogen and oxygen atoms in total. The monoisotopic (exact) mass is 361 g/mol. The Hall–Kier alpha value is -2.92. The first-order chi connectivity index (χ1) is 12.7. The molecule has 0 spiro atoms. The molecule has 2 aromatic carbocycles. The van der Waals surface area contributed by atoms with E-state index in [4.69, 9.17) is 4.98 Å². The van der Waals surface area contributed by atoms with Crippen LogP contribution in [0.1, 0.15) is 27.1 Å². The van der Waals surface area contributed by atoms with Crippen molar-refractivity contribution in [2.75, 3.05) is 0 Å². The summed E-state index contributed by atoms with van der Waals surface area (Å²) in [6.07, 6.45) is 0.690. The number of carbonyl (C=O) groups excluding carboxylic acids is 1. The molecule has 0 aliphatic rings. The number of thiophene rings is 1. The quantitative estimate of drug-likeness (QED) is 0.574. The number of rotatable bonds is 5. The van der Waals surface area contributed by atoms with E-state index in [-0.39, 0.29) is 11.9 Å². The molecule has 2 aromatic heterocycles. The van der Waals surface area contributed by atoms with Crippen LogP contribution < -0.4 is 5.32 Å². The number of fused-ring (bicyclic) bond motifs is 1. The topological polar surface area (TPSA) is 46.9 Å². The number of nitrogens with zero attached hydrogens (tertiary/aromatic N) is 2. The van der Waals surface area contributed by atoms with Gasteiger partial charge >= 0.3 is 0 Å². The molecule has 4 aromatic rings. The first kappa shape index (κ1) is 16.5. The summed E-state index contributed by atoms with van der Waals surface area (Å²) >= 11 is 1.44. The van der Waals surface area contributed by atoms with E-state index < -0.39 is 0 Å². The molecule has 1 atom stereocenters. The predicted molar refractivity (Wildman–Crippen MR) is 105 cm³/mol. The average molecular weight is 361 g/mol. The molecule has 0 saturated carbocycles. The van der Waals surface area contributed by atoms with E-state index >= 15 is 0 Å². The Morgan fingerprint density at radius 2 is 1.85 bits per heavy atom. The maximum atomic E-state index is 12.7. The first-order valence-corrected chi connectivity index (χ1v) is 9.40. The summed E-state index contributed by atoms with van der Waals surface area (Å²) in [5.74, 6) is 0.799. The number of carbonyl (C=O) groups is 1. The zero-order chi connectivity index (χ0) is 17.9. The average Bonchev–Trinajstić information content (AvgIpc) is 3.31. The van der Waals surface area contributed by atoms with Crippen molar-refractivity contribution in [3.05, 3.63) is 88.4 Å². The van der Waals surface area contributed by atoms with Crippen LogP contribution in [0.15, 0.2) is 72.1 Å². The van der Waals surface area contributed by atoms with Gasteiger partial charge in [0.2, 0.25) is 0 Å². The largest absolute Gasteiger partial charge is 0.341 e. The molecule has 26 heavy (non-hydrogen) atoms. The third-order valence-corrected chi connectivity index (χ3v) is 5.33. The maximum Gasteiger partial charge on any atom is 0.261 e. The molecule has 5 heteroatoms. The molecule has 4 rings (SSSR count). The molecular weight excluding hydrogens is 342 g/mol. The van der Waals surface area contributed by atoms with E-state index in [1.807, 2.05) is 67.0 Å². The number of para-hydroxylation sites is 2. The minimum absolute atomic E-state index is 0.0620. The number of hydrogen-bond donors (Lipinski definition) is 1. The van der Waals surface area contributed by atoms with Gasteiger partial charge in [0.05, 0.1) is 22.0 Å². The van der Waals surface area contributed by atoms with Crippen LogP contribution in [0.4, 0.5) is 0 Å². The molecule has 0 aliphatic carbocycles. The van der Waals surface area contributed by atoms with E-state index in [0.717, 1.165) is 22.4 Å². The van der Waals surface area contributed by atoms with Gasteiger partial charge in [-0.25, -0.2) is 4.98 Å². The van der Waals surface area contributed by atoms with Gasteiger partial charge in [-0.1, -0.05) is 48.5 Å². The van der Waals surface area contributed by atoms with Gasteiger partial charge in [-0.15, -0.1) is 11.3 Å². The van der Waals surface area contributed by atoms with Crippen molar-refractivity contribution in [1.82, 2.24) is 14.9 Å². The van der Waals surface area contributed by atoms with Gasteiger partial charge in [-0.3, -0.25) is 4.79 Å². The van der Waals surface area contributed by atoms with Crippen LogP contribution in [-0.2, 0) is 13.5 Å². The molecular formula is C21H19N3OS. The third kappa shape index (κ3) is 3.26. The van der Waals surface area contributed by atoms with E-state index in [1.165, 1.54) is 11.3 Å². The second-order valence-corrected chi connectivity index (χ2v) is 7.16. The Labute approximate surface area is 156 Å². The van der Waals surface area contributed by atoms with Crippen LogP contribution in [0.5, 0.6) is 0 Å². The Morgan fingerprint density at radius 3 is 2.58 bits per heavy atom. The lowest BCUT2D eigenvalue weighted by Crippen LogP contribution is -2.31. The Bertz CT molecular complexity index is 1020. The van der Waals surface area contributed by atoms with Crippen LogP contribution in [0.3, 0.4) is 0 Å². The number of nitrogens with one attached hydrogen (secondary N) is 1. The van der Waals surface area contributed by atoms with Gasteiger partial charge in [0.25, 0.3) is 5.91 Å². The summed E-state index contributed by atoms with van der Waals surface area (Å²) in [5.41, 5.74) is 3.16. The summed E-state index contributed by atoms with van der Waals surface area (Å²) in [6, 6.07) is 21.7. The highest BCUT2D eigenvalue weighted by atomic mass is 32.1. The molecule has 1 amide bonds. The Kier molecular flexibility index (Phi) is 4.54. The molecule has 0 bridgehead atoms. The van der Waals surface area contributed by atoms with Gasteiger partial charge < -0.3 is 9.88 Å². The fourth-order valence-electron chi connectivity index (χ4n) is 3.17. The third-order valence-electron chi connectivity index (χ3n) is 4.47. The lowest BCUT2D eigenvalue weighted by Gasteiger charge is -2.18. The van der Waals surface area contributed by atoms with E-state index in [0.29, 0.717) is 11.3 Å². The number of benzene rings is 2. The van der Waals surface area contributed by atoms with Crippen LogP contribution in [0, 0.1) is 0 Å². The number of aromatic nitrogens is 2. The number of hydrogen-bond acceptors (Lipinski definition) is 3. The highest BCUT2D eigenvalue weighted by molar-refractivity contribution is 7.12. The highest BCUT2D eigenvalue weighted by Crippen LogP contribution is 2.23. The first-order valence-electron chi connectivity index (χ1n) is 8.52. The van der Waals surface area contributed by atoms with Gasteiger partial charge in [0.1, 0.15) is 5.82 Å². The van der Waals surface area contributed by atoms with E-state index in [2.05, 4.69) is 22.0 Å². The second-order valence-electron chi connectivity index (χ2n) is 6.21. The second kappa shape index (κ2) is 7.14. The van der Waals surface area contributed by atoms with Crippen molar-refractivity contribution in [2.45, 2.75) is 12.5 Å². The number of imidazole rings is 1. The van der Waals surface area contributed by atoms with Crippen molar-refractivity contribution in [3.8, 4) is 0 Å². The summed E-state index contributed by atoms with van der Waals surface area (Å²) in [4.78, 5) is 18.2. The van der Waals surface area contributed by atoms with Crippen molar-refractivity contribution < 1.29 is 4.79 Å². The van der Waals surface area contributed by atoms with Crippen LogP contribution in [0.2, 0.25) is 0 Å². The van der Waals surface area contributed by atoms with Crippen LogP contribution >= 0.6 is 11.3 Å². The molecule has 0 unspecified atom stereocenters. The zero-order valence-corrected chi connectivity index (χ0v) is 15.2. The molecule has 0 aliphatic heterocycles. The summed E-state index contributed by atoms with van der Waals surface area (Å²) in [5, 5.41) is 5.09. The summed E-state index contributed by atoms with van der Waals surface area (Å²) < 4.78 is 2.07. The minimum Gasteiger partial charge on any atom is -0.341 e. The lowest BCUT2D eigenvalue weighted by molar-refractivity contribution is 0.0938. The van der Waals surface area contributed by atoms with Gasteiger partial charge in [-0.2, -0.15) is 0 Å². The highest BCUT2D eigenvalue weighted by Gasteiger charge is 2.22. The number of amides is 1. The predicted octanol–water partition coefficient (Wildman–Crippen LogP) is 4.35. The SMILES string of the molecule is Cn1c([C@H](Cc2ccccc2)NC(=O)c2cccs2)nc2ccccc21. The smallest absolute Gasteiger partial charge is 0.261 e. The molecule has 1 N–H and O–H groups in total. The molecule has 0 fully saturated rings. The number of aryl methyl sites for hydroxylation is 1. The van der Waals surface area contributed by atoms with Gasteiger partial charge in [0.15, 0.2) is 0 Å².